The second kappa shape index (κ2) is 5.92. The van der Waals surface area contributed by atoms with Crippen LogP contribution in [0.3, 0.4) is 0 Å². The highest BCUT2D eigenvalue weighted by Crippen LogP contribution is 2.37. The monoisotopic (exact) mass is 312 g/mol. The highest BCUT2D eigenvalue weighted by Gasteiger charge is 2.39. The third kappa shape index (κ3) is 3.46. The van der Waals surface area contributed by atoms with Gasteiger partial charge in [0, 0.05) is 13.1 Å². The molecule has 0 amide bonds. The Morgan fingerprint density at radius 1 is 1.32 bits per heavy atom. The van der Waals surface area contributed by atoms with Crippen LogP contribution in [0.1, 0.15) is 11.3 Å². The number of halogens is 3. The van der Waals surface area contributed by atoms with Crippen LogP contribution in [0.2, 0.25) is 0 Å². The number of carboxylic acids is 1. The molecule has 8 heteroatoms. The van der Waals surface area contributed by atoms with E-state index in [0.29, 0.717) is 11.8 Å². The lowest BCUT2D eigenvalue weighted by atomic mass is 10.2. The van der Waals surface area contributed by atoms with Gasteiger partial charge in [-0.3, -0.25) is 0 Å². The van der Waals surface area contributed by atoms with Crippen LogP contribution < -0.4 is 4.74 Å². The van der Waals surface area contributed by atoms with E-state index < -0.39 is 23.4 Å². The Kier molecular flexibility index (Phi) is 4.20. The van der Waals surface area contributed by atoms with E-state index in [1.165, 1.54) is 7.05 Å². The van der Waals surface area contributed by atoms with Crippen LogP contribution in [0.15, 0.2) is 36.4 Å². The fourth-order valence-electron chi connectivity index (χ4n) is 1.76. The number of carbonyl (C=O) groups is 1. The Morgan fingerprint density at radius 2 is 1.95 bits per heavy atom. The third-order valence-corrected chi connectivity index (χ3v) is 2.65. The Morgan fingerprint density at radius 3 is 2.50 bits per heavy atom. The normalized spacial score (nSPS) is 11.8. The SMILES string of the molecule is Cn1nc(C(F)(F)F)c(/C=C/C(=O)O)c1Oc1ccccc1. The number of aliphatic carboxylic acids is 1. The van der Waals surface area contributed by atoms with Crippen molar-refractivity contribution in [3.63, 3.8) is 0 Å². The summed E-state index contributed by atoms with van der Waals surface area (Å²) in [5.41, 5.74) is -1.65. The standard InChI is InChI=1S/C14H11F3N2O3/c1-19-13(22-9-5-3-2-4-6-9)10(7-8-11(20)21)12(18-19)14(15,16)17/h2-8H,1H3,(H,20,21)/b8-7+. The quantitative estimate of drug-likeness (QED) is 0.880. The minimum Gasteiger partial charge on any atom is -0.478 e. The van der Waals surface area contributed by atoms with Gasteiger partial charge in [0.15, 0.2) is 5.69 Å². The van der Waals surface area contributed by atoms with Gasteiger partial charge in [0.2, 0.25) is 5.88 Å². The Labute approximate surface area is 123 Å². The maximum atomic E-state index is 13.0. The van der Waals surface area contributed by atoms with Crippen LogP contribution in [-0.2, 0) is 18.0 Å². The zero-order valence-corrected chi connectivity index (χ0v) is 11.3. The Balaban J connectivity index is 2.52. The minimum atomic E-state index is -4.73. The van der Waals surface area contributed by atoms with Gasteiger partial charge in [0.25, 0.3) is 0 Å². The molecule has 1 aromatic carbocycles. The zero-order chi connectivity index (χ0) is 16.3. The fourth-order valence-corrected chi connectivity index (χ4v) is 1.76. The number of hydrogen-bond acceptors (Lipinski definition) is 3. The molecule has 1 aromatic heterocycles. The summed E-state index contributed by atoms with van der Waals surface area (Å²) in [6.07, 6.45) is -3.31. The molecule has 0 unspecified atom stereocenters. The van der Waals surface area contributed by atoms with E-state index in [0.717, 1.165) is 10.8 Å². The van der Waals surface area contributed by atoms with Crippen molar-refractivity contribution in [1.82, 2.24) is 9.78 Å². The lowest BCUT2D eigenvalue weighted by Crippen LogP contribution is -2.08. The molecule has 0 aliphatic rings. The smallest absolute Gasteiger partial charge is 0.435 e. The first-order valence-corrected chi connectivity index (χ1v) is 6.07. The summed E-state index contributed by atoms with van der Waals surface area (Å²) in [6.45, 7) is 0. The molecule has 0 fully saturated rings. The molecule has 0 saturated heterocycles. The number of alkyl halides is 3. The van der Waals surface area contributed by atoms with Gasteiger partial charge < -0.3 is 9.84 Å². The highest BCUT2D eigenvalue weighted by atomic mass is 19.4. The largest absolute Gasteiger partial charge is 0.478 e. The van der Waals surface area contributed by atoms with Crippen molar-refractivity contribution in [3.05, 3.63) is 47.7 Å². The predicted molar refractivity (Wildman–Crippen MR) is 71.4 cm³/mol. The van der Waals surface area contributed by atoms with Crippen molar-refractivity contribution in [2.45, 2.75) is 6.18 Å². The molecule has 1 N–H and O–H groups in total. The van der Waals surface area contributed by atoms with Crippen molar-refractivity contribution in [2.75, 3.05) is 0 Å². The summed E-state index contributed by atoms with van der Waals surface area (Å²) in [4.78, 5) is 10.6. The van der Waals surface area contributed by atoms with Gasteiger partial charge in [0.1, 0.15) is 5.75 Å². The Bertz CT molecular complexity index is 706. The first kappa shape index (κ1) is 15.6. The van der Waals surface area contributed by atoms with Crippen LogP contribution in [0.25, 0.3) is 6.08 Å². The number of para-hydroxylation sites is 1. The van der Waals surface area contributed by atoms with Crippen LogP contribution in [0.5, 0.6) is 11.6 Å². The number of nitrogens with zero attached hydrogens (tertiary/aromatic N) is 2. The summed E-state index contributed by atoms with van der Waals surface area (Å²) in [5.74, 6) is -1.26. The molecule has 0 spiro atoms. The third-order valence-electron chi connectivity index (χ3n) is 2.65. The number of ether oxygens (including phenoxy) is 1. The summed E-state index contributed by atoms with van der Waals surface area (Å²) < 4.78 is 45.3. The van der Waals surface area contributed by atoms with Crippen molar-refractivity contribution < 1.29 is 27.8 Å². The molecule has 0 bridgehead atoms. The van der Waals surface area contributed by atoms with E-state index in [2.05, 4.69) is 5.10 Å². The number of carboxylic acid groups (broad SMARTS) is 1. The summed E-state index contributed by atoms with van der Waals surface area (Å²) in [5, 5.41) is 12.0. The van der Waals surface area contributed by atoms with E-state index in [9.17, 15) is 18.0 Å². The fraction of sp³-hybridized carbons (Fsp3) is 0.143. The molecule has 0 aliphatic carbocycles. The first-order valence-electron chi connectivity index (χ1n) is 6.07. The molecule has 0 atom stereocenters. The van der Waals surface area contributed by atoms with Crippen LogP contribution in [0, 0.1) is 0 Å². The molecule has 2 aromatic rings. The van der Waals surface area contributed by atoms with Gasteiger partial charge >= 0.3 is 12.1 Å². The minimum absolute atomic E-state index is 0.198. The number of rotatable bonds is 4. The zero-order valence-electron chi connectivity index (χ0n) is 11.3. The van der Waals surface area contributed by atoms with E-state index in [4.69, 9.17) is 9.84 Å². The number of hydrogen-bond donors (Lipinski definition) is 1. The topological polar surface area (TPSA) is 64.4 Å². The van der Waals surface area contributed by atoms with Crippen molar-refractivity contribution >= 4 is 12.0 Å². The first-order chi connectivity index (χ1) is 10.3. The highest BCUT2D eigenvalue weighted by molar-refractivity contribution is 5.86. The Hall–Kier alpha value is -2.77. The van der Waals surface area contributed by atoms with Gasteiger partial charge in [-0.25, -0.2) is 9.48 Å². The lowest BCUT2D eigenvalue weighted by molar-refractivity contribution is -0.141. The van der Waals surface area contributed by atoms with Gasteiger partial charge in [-0.2, -0.15) is 18.3 Å². The predicted octanol–water partition coefficient (Wildman–Crippen LogP) is 3.33. The molecular weight excluding hydrogens is 301 g/mol. The summed E-state index contributed by atoms with van der Waals surface area (Å²) in [6, 6.07) is 8.16. The number of aryl methyl sites for hydroxylation is 1. The van der Waals surface area contributed by atoms with E-state index in [-0.39, 0.29) is 5.88 Å². The molecular formula is C14H11F3N2O3. The van der Waals surface area contributed by atoms with Crippen LogP contribution in [0.4, 0.5) is 13.2 Å². The molecule has 1 heterocycles. The molecule has 5 nitrogen and oxygen atoms in total. The van der Waals surface area contributed by atoms with Crippen molar-refractivity contribution in [2.24, 2.45) is 7.05 Å². The van der Waals surface area contributed by atoms with Crippen molar-refractivity contribution in [3.8, 4) is 11.6 Å². The molecule has 2 rings (SSSR count). The maximum Gasteiger partial charge on any atom is 0.435 e. The van der Waals surface area contributed by atoms with Gasteiger partial charge in [-0.1, -0.05) is 18.2 Å². The number of benzene rings is 1. The lowest BCUT2D eigenvalue weighted by Gasteiger charge is -2.07. The maximum absolute atomic E-state index is 13.0. The van der Waals surface area contributed by atoms with Gasteiger partial charge in [0.05, 0.1) is 5.56 Å². The molecule has 22 heavy (non-hydrogen) atoms. The molecule has 116 valence electrons. The van der Waals surface area contributed by atoms with Crippen molar-refractivity contribution in [1.29, 1.82) is 0 Å². The van der Waals surface area contributed by atoms with E-state index >= 15 is 0 Å². The molecule has 0 radical (unpaired) electrons. The average Bonchev–Trinajstić information content (AvgIpc) is 2.75. The molecule has 0 saturated carbocycles. The average molecular weight is 312 g/mol. The van der Waals surface area contributed by atoms with E-state index in [1.807, 2.05) is 0 Å². The van der Waals surface area contributed by atoms with Gasteiger partial charge in [-0.05, 0) is 18.2 Å². The van der Waals surface area contributed by atoms with Gasteiger partial charge in [-0.15, -0.1) is 0 Å². The van der Waals surface area contributed by atoms with E-state index in [1.54, 1.807) is 30.3 Å². The summed E-state index contributed by atoms with van der Waals surface area (Å²) >= 11 is 0. The van der Waals surface area contributed by atoms with Crippen LogP contribution in [-0.4, -0.2) is 20.9 Å². The van der Waals surface area contributed by atoms with Crippen LogP contribution >= 0.6 is 0 Å². The summed E-state index contributed by atoms with van der Waals surface area (Å²) in [7, 11) is 1.28. The number of aromatic nitrogens is 2. The molecule has 0 aliphatic heterocycles. The second-order valence-corrected chi connectivity index (χ2v) is 4.28. The second-order valence-electron chi connectivity index (χ2n) is 4.28.